The van der Waals surface area contributed by atoms with Gasteiger partial charge in [0.05, 0.1) is 18.5 Å². The van der Waals surface area contributed by atoms with E-state index in [1.165, 1.54) is 0 Å². The Balaban J connectivity index is 1.62. The molecular weight excluding hydrogens is 724 g/mol. The Bertz CT molecular complexity index is 1630. The molecule has 0 radical (unpaired) electrons. The van der Waals surface area contributed by atoms with Crippen molar-refractivity contribution in [3.63, 3.8) is 0 Å². The molecule has 290 valence electrons. The monoisotopic (exact) mass is 770 g/mol. The van der Waals surface area contributed by atoms with Gasteiger partial charge in [-0.3, -0.25) is 23.5 Å². The van der Waals surface area contributed by atoms with Crippen LogP contribution in [0.2, 0.25) is 0 Å². The maximum absolute atomic E-state index is 13.1. The number of fused-ring (bicyclic) bond motifs is 3. The molecule has 5 rings (SSSR count). The first-order valence-electron chi connectivity index (χ1n) is 16.8. The average Bonchev–Trinajstić information content (AvgIpc) is 3.16. The van der Waals surface area contributed by atoms with E-state index in [1.807, 2.05) is 6.92 Å². The number of ether oxygens (including phenoxy) is 3. The maximum Gasteiger partial charge on any atom is 0.397 e. The highest BCUT2D eigenvalue weighted by atomic mass is 32.3. The Kier molecular flexibility index (Phi) is 10.7. The van der Waals surface area contributed by atoms with Gasteiger partial charge in [-0.05, 0) is 73.2 Å². The number of carboxylic acid groups (broad SMARTS) is 2. The minimum Gasteiger partial charge on any atom is -0.480 e. The number of carbonyl (C=O) groups is 3. The standard InChI is InChI=1S/C31H46O18S2/c1-14(2)9-21(33)47-24-23(49-51(42,43)44)22(48-50(39,40)41)18(13-32)46-26(24)45-17-11-29(4)19-6-5-16-10-30(19,25(34)15(16)3)8-7-20(29)31(12-17,27(35)36)28(37)38/h12,14-16,18-20,22-26,32,34H,5-11,13H2,1-4H3,(H,35,36)(H,37,38)(H,39,40,41)(H,42,43,44)/t15?,16-,18-,19+,20+,22-,23+,24-,25+,26+,29+,30-/m1/s1. The third kappa shape index (κ3) is 7.15. The van der Waals surface area contributed by atoms with Gasteiger partial charge in [0.2, 0.25) is 6.29 Å². The van der Waals surface area contributed by atoms with Crippen LogP contribution in [0.3, 0.4) is 0 Å². The van der Waals surface area contributed by atoms with Crippen molar-refractivity contribution in [1.82, 2.24) is 0 Å². The van der Waals surface area contributed by atoms with E-state index >= 15 is 0 Å². The zero-order valence-electron chi connectivity index (χ0n) is 28.5. The van der Waals surface area contributed by atoms with Gasteiger partial charge in [0.1, 0.15) is 12.2 Å². The molecule has 6 N–H and O–H groups in total. The second kappa shape index (κ2) is 13.8. The van der Waals surface area contributed by atoms with Crippen molar-refractivity contribution in [2.45, 2.75) is 109 Å². The summed E-state index contributed by atoms with van der Waals surface area (Å²) in [6.45, 7) is 5.86. The van der Waals surface area contributed by atoms with E-state index in [2.05, 4.69) is 4.18 Å². The van der Waals surface area contributed by atoms with Gasteiger partial charge in [0, 0.05) is 18.3 Å². The number of hydrogen-bond donors (Lipinski definition) is 6. The molecule has 1 spiro atoms. The summed E-state index contributed by atoms with van der Waals surface area (Å²) in [4.78, 5) is 39.2. The van der Waals surface area contributed by atoms with Gasteiger partial charge in [0.15, 0.2) is 17.6 Å². The molecule has 5 aliphatic rings. The molecule has 0 aromatic carbocycles. The molecule has 1 unspecified atom stereocenters. The number of carbonyl (C=O) groups excluding carboxylic acids is 1. The lowest BCUT2D eigenvalue weighted by molar-refractivity contribution is -0.290. The molecule has 1 saturated heterocycles. The maximum atomic E-state index is 13.1. The van der Waals surface area contributed by atoms with Gasteiger partial charge in [-0.25, -0.2) is 8.37 Å². The van der Waals surface area contributed by atoms with E-state index in [1.54, 1.807) is 20.8 Å². The predicted molar refractivity (Wildman–Crippen MR) is 169 cm³/mol. The van der Waals surface area contributed by atoms with Crippen molar-refractivity contribution in [3.05, 3.63) is 11.8 Å². The van der Waals surface area contributed by atoms with Gasteiger partial charge >= 0.3 is 38.7 Å². The zero-order chi connectivity index (χ0) is 38.1. The number of aliphatic hydroxyl groups excluding tert-OH is 2. The lowest BCUT2D eigenvalue weighted by atomic mass is 9.41. The SMILES string of the molecule is CC(C)CC(=O)O[C@H]1[C@@H](OC2=CC(C(=O)O)(C(=O)O)[C@H]3CC[C@@]45C[C@@H](CC[C@H]4[C@]3(C)C2)C(C)[C@@H]5O)O[C@H](CO)[C@@H](OS(=O)(=O)O)[C@@H]1OS(=O)(=O)O. The summed E-state index contributed by atoms with van der Waals surface area (Å²) < 4.78 is 93.2. The van der Waals surface area contributed by atoms with Crippen LogP contribution in [0.25, 0.3) is 0 Å². The Labute approximate surface area is 295 Å². The smallest absolute Gasteiger partial charge is 0.397 e. The van der Waals surface area contributed by atoms with E-state index in [4.69, 9.17) is 18.4 Å². The second-order valence-electron chi connectivity index (χ2n) is 15.4. The van der Waals surface area contributed by atoms with E-state index < -0.39 is 104 Å². The summed E-state index contributed by atoms with van der Waals surface area (Å²) in [6.07, 6.45) is -8.42. The van der Waals surface area contributed by atoms with Crippen LogP contribution >= 0.6 is 0 Å². The van der Waals surface area contributed by atoms with Gasteiger partial charge in [-0.15, -0.1) is 0 Å². The Hall–Kier alpha value is -2.43. The van der Waals surface area contributed by atoms with Crippen molar-refractivity contribution < 1.29 is 83.3 Å². The van der Waals surface area contributed by atoms with Gasteiger partial charge in [0.25, 0.3) is 0 Å². The molecule has 3 saturated carbocycles. The van der Waals surface area contributed by atoms with Crippen LogP contribution in [0.5, 0.6) is 0 Å². The van der Waals surface area contributed by atoms with Gasteiger partial charge in [-0.2, -0.15) is 16.8 Å². The molecule has 12 atom stereocenters. The molecule has 18 nitrogen and oxygen atoms in total. The van der Waals surface area contributed by atoms with Crippen molar-refractivity contribution in [2.75, 3.05) is 6.61 Å². The van der Waals surface area contributed by atoms with Crippen molar-refractivity contribution in [2.24, 2.45) is 45.8 Å². The largest absolute Gasteiger partial charge is 0.480 e. The molecule has 0 aromatic heterocycles. The van der Waals surface area contributed by atoms with Crippen LogP contribution in [-0.4, -0.2) is 108 Å². The number of rotatable bonds is 12. The number of hydrogen-bond acceptors (Lipinski definition) is 14. The van der Waals surface area contributed by atoms with Crippen LogP contribution in [0.1, 0.15) is 72.6 Å². The number of esters is 1. The van der Waals surface area contributed by atoms with Crippen LogP contribution in [0.15, 0.2) is 11.8 Å². The highest BCUT2D eigenvalue weighted by Crippen LogP contribution is 2.72. The van der Waals surface area contributed by atoms with E-state index in [0.29, 0.717) is 19.3 Å². The molecule has 0 aromatic rings. The summed E-state index contributed by atoms with van der Waals surface area (Å²) >= 11 is 0. The molecule has 1 aliphatic heterocycles. The van der Waals surface area contributed by atoms with Crippen molar-refractivity contribution in [3.8, 4) is 0 Å². The Morgan fingerprint density at radius 2 is 1.57 bits per heavy atom. The minimum absolute atomic E-state index is 0.0290. The number of carboxylic acids is 2. The first kappa shape index (κ1) is 39.8. The van der Waals surface area contributed by atoms with E-state index in [9.17, 15) is 60.8 Å². The summed E-state index contributed by atoms with van der Waals surface area (Å²) in [5.74, 6) is -6.14. The Morgan fingerprint density at radius 3 is 2.12 bits per heavy atom. The van der Waals surface area contributed by atoms with E-state index in [0.717, 1.165) is 12.5 Å². The molecule has 4 fully saturated rings. The van der Waals surface area contributed by atoms with Crippen molar-refractivity contribution in [1.29, 1.82) is 0 Å². The second-order valence-corrected chi connectivity index (χ2v) is 17.5. The highest BCUT2D eigenvalue weighted by Gasteiger charge is 2.71. The summed E-state index contributed by atoms with van der Waals surface area (Å²) in [5, 5.41) is 43.0. The fourth-order valence-electron chi connectivity index (χ4n) is 10.2. The molecule has 2 bridgehead atoms. The van der Waals surface area contributed by atoms with Crippen LogP contribution in [0, 0.1) is 45.8 Å². The third-order valence-corrected chi connectivity index (χ3v) is 13.0. The van der Waals surface area contributed by atoms with E-state index in [-0.39, 0.29) is 48.7 Å². The van der Waals surface area contributed by atoms with Crippen LogP contribution < -0.4 is 0 Å². The predicted octanol–water partition coefficient (Wildman–Crippen LogP) is 1.33. The number of allylic oxidation sites excluding steroid dienone is 1. The number of aliphatic carboxylic acids is 2. The molecule has 20 heteroatoms. The summed E-state index contributed by atoms with van der Waals surface area (Å²) in [5.41, 5.74) is -4.30. The first-order valence-corrected chi connectivity index (χ1v) is 19.5. The molecular formula is C31H46O18S2. The lowest BCUT2D eigenvalue weighted by Gasteiger charge is -2.62. The Morgan fingerprint density at radius 1 is 0.961 bits per heavy atom. The number of aliphatic hydroxyl groups is 2. The molecule has 0 amide bonds. The highest BCUT2D eigenvalue weighted by molar-refractivity contribution is 7.81. The molecule has 4 aliphatic carbocycles. The fourth-order valence-corrected chi connectivity index (χ4v) is 11.2. The van der Waals surface area contributed by atoms with Crippen LogP contribution in [0.4, 0.5) is 0 Å². The fraction of sp³-hybridized carbons (Fsp3) is 0.839. The van der Waals surface area contributed by atoms with Crippen LogP contribution in [-0.2, 0) is 57.8 Å². The quantitative estimate of drug-likeness (QED) is 0.0927. The lowest BCUT2D eigenvalue weighted by Crippen LogP contribution is -2.64. The summed E-state index contributed by atoms with van der Waals surface area (Å²) in [7, 11) is -11.0. The average molecular weight is 771 g/mol. The third-order valence-electron chi connectivity index (χ3n) is 12.0. The summed E-state index contributed by atoms with van der Waals surface area (Å²) in [6, 6.07) is 0. The topological polar surface area (TPSA) is 287 Å². The van der Waals surface area contributed by atoms with Gasteiger partial charge in [-0.1, -0.05) is 27.7 Å². The molecule has 51 heavy (non-hydrogen) atoms. The van der Waals surface area contributed by atoms with Crippen molar-refractivity contribution >= 4 is 38.7 Å². The minimum atomic E-state index is -5.52. The molecule has 1 heterocycles. The van der Waals surface area contributed by atoms with Gasteiger partial charge < -0.3 is 34.6 Å². The normalized spacial score (nSPS) is 40.5. The zero-order valence-corrected chi connectivity index (χ0v) is 30.1. The first-order chi connectivity index (χ1) is 23.5.